The summed E-state index contributed by atoms with van der Waals surface area (Å²) in [5.41, 5.74) is 2.84. The lowest BCUT2D eigenvalue weighted by molar-refractivity contribution is 0.602. The van der Waals surface area contributed by atoms with Gasteiger partial charge in [-0.3, -0.25) is 4.79 Å². The zero-order valence-electron chi connectivity index (χ0n) is 8.61. The van der Waals surface area contributed by atoms with E-state index in [1.807, 2.05) is 18.2 Å². The van der Waals surface area contributed by atoms with E-state index in [9.17, 15) is 4.79 Å². The Balaban J connectivity index is 2.22. The van der Waals surface area contributed by atoms with Crippen molar-refractivity contribution in [2.45, 2.75) is 0 Å². The molecule has 0 aliphatic rings. The van der Waals surface area contributed by atoms with Gasteiger partial charge in [0.25, 0.3) is 0 Å². The van der Waals surface area contributed by atoms with Gasteiger partial charge >= 0.3 is 0 Å². The molecule has 3 aromatic rings. The van der Waals surface area contributed by atoms with Crippen LogP contribution in [0.3, 0.4) is 0 Å². The van der Waals surface area contributed by atoms with Crippen molar-refractivity contribution < 1.29 is 4.42 Å². The molecule has 3 rings (SSSR count). The van der Waals surface area contributed by atoms with E-state index in [0.29, 0.717) is 10.7 Å². The molecular weight excluding hydrogens is 240 g/mol. The van der Waals surface area contributed by atoms with Gasteiger partial charge in [-0.25, -0.2) is 4.98 Å². The largest absolute Gasteiger partial charge is 0.443 e. The predicted octanol–water partition coefficient (Wildman–Crippen LogP) is 2.84. The fourth-order valence-electron chi connectivity index (χ4n) is 1.71. The van der Waals surface area contributed by atoms with Gasteiger partial charge in [0, 0.05) is 6.07 Å². The number of benzene rings is 1. The summed E-state index contributed by atoms with van der Waals surface area (Å²) in [6.07, 6.45) is 1.39. The minimum Gasteiger partial charge on any atom is -0.443 e. The Hall–Kier alpha value is -2.07. The molecule has 0 saturated carbocycles. The number of hydrogen-bond donors (Lipinski definition) is 1. The van der Waals surface area contributed by atoms with Crippen molar-refractivity contribution in [2.75, 3.05) is 0 Å². The number of fused-ring (bicyclic) bond motifs is 1. The van der Waals surface area contributed by atoms with E-state index in [1.54, 1.807) is 6.07 Å². The molecule has 5 heteroatoms. The van der Waals surface area contributed by atoms with Crippen LogP contribution in [-0.2, 0) is 0 Å². The standard InChI is InChI=1S/C12H7ClN2O2/c13-11-4-8(5-12(16)15-11)7-1-2-9-10(3-7)17-6-14-9/h1-6H,(H,15,16). The average Bonchev–Trinajstić information content (AvgIpc) is 2.74. The average molecular weight is 247 g/mol. The van der Waals surface area contributed by atoms with Crippen LogP contribution in [0.15, 0.2) is 45.9 Å². The number of pyridine rings is 1. The van der Waals surface area contributed by atoms with E-state index in [1.165, 1.54) is 12.5 Å². The summed E-state index contributed by atoms with van der Waals surface area (Å²) in [5.74, 6) is 0. The maximum absolute atomic E-state index is 11.3. The fourth-order valence-corrected chi connectivity index (χ4v) is 1.92. The van der Waals surface area contributed by atoms with Crippen LogP contribution in [0.2, 0.25) is 5.15 Å². The summed E-state index contributed by atoms with van der Waals surface area (Å²) in [7, 11) is 0. The topological polar surface area (TPSA) is 58.9 Å². The zero-order chi connectivity index (χ0) is 11.8. The normalized spacial score (nSPS) is 10.9. The second-order valence-corrected chi connectivity index (χ2v) is 4.02. The van der Waals surface area contributed by atoms with Crippen LogP contribution in [-0.4, -0.2) is 9.97 Å². The van der Waals surface area contributed by atoms with Gasteiger partial charge in [-0.2, -0.15) is 0 Å². The SMILES string of the molecule is O=c1cc(-c2ccc3ncoc3c2)cc(Cl)[nH]1. The lowest BCUT2D eigenvalue weighted by Crippen LogP contribution is -2.03. The first kappa shape index (κ1) is 10.1. The molecule has 0 amide bonds. The smallest absolute Gasteiger partial charge is 0.249 e. The lowest BCUT2D eigenvalue weighted by Gasteiger charge is -2.01. The molecule has 1 aromatic carbocycles. The highest BCUT2D eigenvalue weighted by atomic mass is 35.5. The fraction of sp³-hybridized carbons (Fsp3) is 0. The first-order chi connectivity index (χ1) is 8.22. The molecule has 1 N–H and O–H groups in total. The molecule has 0 spiro atoms. The Morgan fingerprint density at radius 1 is 1.18 bits per heavy atom. The Morgan fingerprint density at radius 3 is 2.88 bits per heavy atom. The van der Waals surface area contributed by atoms with E-state index >= 15 is 0 Å². The molecule has 0 bridgehead atoms. The number of rotatable bonds is 1. The molecule has 0 radical (unpaired) electrons. The maximum Gasteiger partial charge on any atom is 0.249 e. The number of aromatic amines is 1. The molecule has 0 unspecified atom stereocenters. The van der Waals surface area contributed by atoms with Crippen LogP contribution in [0.25, 0.3) is 22.2 Å². The molecule has 0 fully saturated rings. The van der Waals surface area contributed by atoms with Gasteiger partial charge in [0.05, 0.1) is 0 Å². The van der Waals surface area contributed by atoms with Gasteiger partial charge in [-0.15, -0.1) is 0 Å². The van der Waals surface area contributed by atoms with Crippen molar-refractivity contribution in [1.29, 1.82) is 0 Å². The summed E-state index contributed by atoms with van der Waals surface area (Å²) in [4.78, 5) is 17.8. The summed E-state index contributed by atoms with van der Waals surface area (Å²) >= 11 is 5.81. The minimum absolute atomic E-state index is 0.231. The molecule has 2 heterocycles. The molecule has 2 aromatic heterocycles. The molecule has 4 nitrogen and oxygen atoms in total. The van der Waals surface area contributed by atoms with E-state index in [2.05, 4.69) is 9.97 Å². The highest BCUT2D eigenvalue weighted by Gasteiger charge is 2.04. The lowest BCUT2D eigenvalue weighted by atomic mass is 10.1. The third-order valence-corrected chi connectivity index (χ3v) is 2.68. The number of nitrogens with one attached hydrogen (secondary N) is 1. The second kappa shape index (κ2) is 3.75. The second-order valence-electron chi connectivity index (χ2n) is 3.62. The quantitative estimate of drug-likeness (QED) is 0.672. The number of nitrogens with zero attached hydrogens (tertiary/aromatic N) is 1. The van der Waals surface area contributed by atoms with Crippen molar-refractivity contribution in [3.05, 3.63) is 52.2 Å². The van der Waals surface area contributed by atoms with Crippen molar-refractivity contribution in [2.24, 2.45) is 0 Å². The number of aromatic nitrogens is 2. The number of halogens is 1. The summed E-state index contributed by atoms with van der Waals surface area (Å²) in [6.45, 7) is 0. The number of oxazole rings is 1. The summed E-state index contributed by atoms with van der Waals surface area (Å²) in [6, 6.07) is 8.72. The summed E-state index contributed by atoms with van der Waals surface area (Å²) in [5, 5.41) is 0.310. The van der Waals surface area contributed by atoms with E-state index in [-0.39, 0.29) is 5.56 Å². The Labute approximate surface area is 101 Å². The third-order valence-electron chi connectivity index (χ3n) is 2.48. The Kier molecular flexibility index (Phi) is 2.23. The Morgan fingerprint density at radius 2 is 2.06 bits per heavy atom. The molecular formula is C12H7ClN2O2. The van der Waals surface area contributed by atoms with Crippen LogP contribution >= 0.6 is 11.6 Å². The summed E-state index contributed by atoms with van der Waals surface area (Å²) < 4.78 is 5.21. The first-order valence-electron chi connectivity index (χ1n) is 4.96. The van der Waals surface area contributed by atoms with Crippen molar-refractivity contribution in [3.8, 4) is 11.1 Å². The maximum atomic E-state index is 11.3. The van der Waals surface area contributed by atoms with Gasteiger partial charge in [0.15, 0.2) is 12.0 Å². The van der Waals surface area contributed by atoms with E-state index in [0.717, 1.165) is 16.6 Å². The van der Waals surface area contributed by atoms with Crippen molar-refractivity contribution in [3.63, 3.8) is 0 Å². The van der Waals surface area contributed by atoms with Gasteiger partial charge in [0.2, 0.25) is 5.56 Å². The number of hydrogen-bond acceptors (Lipinski definition) is 3. The van der Waals surface area contributed by atoms with Gasteiger partial charge in [-0.1, -0.05) is 17.7 Å². The van der Waals surface area contributed by atoms with Crippen LogP contribution in [0, 0.1) is 0 Å². The third kappa shape index (κ3) is 1.83. The van der Waals surface area contributed by atoms with E-state index < -0.39 is 0 Å². The first-order valence-corrected chi connectivity index (χ1v) is 5.34. The number of H-pyrrole nitrogens is 1. The van der Waals surface area contributed by atoms with Crippen molar-refractivity contribution in [1.82, 2.24) is 9.97 Å². The molecule has 17 heavy (non-hydrogen) atoms. The van der Waals surface area contributed by atoms with Gasteiger partial charge in [0.1, 0.15) is 10.7 Å². The van der Waals surface area contributed by atoms with Crippen molar-refractivity contribution >= 4 is 22.7 Å². The van der Waals surface area contributed by atoms with Crippen LogP contribution in [0.4, 0.5) is 0 Å². The molecule has 0 aliphatic carbocycles. The van der Waals surface area contributed by atoms with Gasteiger partial charge < -0.3 is 9.40 Å². The van der Waals surface area contributed by atoms with Crippen LogP contribution < -0.4 is 5.56 Å². The molecule has 0 aliphatic heterocycles. The minimum atomic E-state index is -0.231. The van der Waals surface area contributed by atoms with Crippen LogP contribution in [0.5, 0.6) is 0 Å². The van der Waals surface area contributed by atoms with E-state index in [4.69, 9.17) is 16.0 Å². The van der Waals surface area contributed by atoms with Gasteiger partial charge in [-0.05, 0) is 29.3 Å². The molecule has 0 atom stereocenters. The van der Waals surface area contributed by atoms with Crippen LogP contribution in [0.1, 0.15) is 0 Å². The molecule has 84 valence electrons. The predicted molar refractivity (Wildman–Crippen MR) is 65.1 cm³/mol. The zero-order valence-corrected chi connectivity index (χ0v) is 9.36. The Bertz CT molecular complexity index is 745. The highest BCUT2D eigenvalue weighted by Crippen LogP contribution is 2.24. The monoisotopic (exact) mass is 246 g/mol. The molecule has 0 saturated heterocycles. The highest BCUT2D eigenvalue weighted by molar-refractivity contribution is 6.29.